The highest BCUT2D eigenvalue weighted by molar-refractivity contribution is 5.83. The Morgan fingerprint density at radius 3 is 2.82 bits per heavy atom. The Labute approximate surface area is 131 Å². The van der Waals surface area contributed by atoms with Gasteiger partial charge in [0.2, 0.25) is 5.91 Å². The third-order valence-corrected chi connectivity index (χ3v) is 4.87. The summed E-state index contributed by atoms with van der Waals surface area (Å²) < 4.78 is 10.9. The summed E-state index contributed by atoms with van der Waals surface area (Å²) in [5, 5.41) is 0. The van der Waals surface area contributed by atoms with Crippen molar-refractivity contribution in [1.82, 2.24) is 9.80 Å². The van der Waals surface area contributed by atoms with Crippen LogP contribution in [0.5, 0.6) is 11.5 Å². The van der Waals surface area contributed by atoms with Gasteiger partial charge < -0.3 is 14.4 Å². The van der Waals surface area contributed by atoms with Gasteiger partial charge in [-0.05, 0) is 25.8 Å². The van der Waals surface area contributed by atoms with Gasteiger partial charge in [-0.3, -0.25) is 9.69 Å². The number of methoxy groups -OCH3 is 2. The van der Waals surface area contributed by atoms with Crippen molar-refractivity contribution in [3.05, 3.63) is 23.8 Å². The first-order valence-electron chi connectivity index (χ1n) is 7.90. The molecule has 1 amide bonds. The van der Waals surface area contributed by atoms with E-state index in [1.807, 2.05) is 25.1 Å². The lowest BCUT2D eigenvalue weighted by Gasteiger charge is -2.41. The summed E-state index contributed by atoms with van der Waals surface area (Å²) in [6, 6.07) is 6.20. The van der Waals surface area contributed by atoms with E-state index in [2.05, 4.69) is 9.80 Å². The first-order valence-corrected chi connectivity index (χ1v) is 7.90. The zero-order valence-corrected chi connectivity index (χ0v) is 13.5. The van der Waals surface area contributed by atoms with E-state index in [0.717, 1.165) is 43.0 Å². The van der Waals surface area contributed by atoms with E-state index in [1.165, 1.54) is 0 Å². The van der Waals surface area contributed by atoms with Crippen LogP contribution in [0.2, 0.25) is 0 Å². The fourth-order valence-corrected chi connectivity index (χ4v) is 3.64. The van der Waals surface area contributed by atoms with Crippen LogP contribution < -0.4 is 9.47 Å². The predicted octanol–water partition coefficient (Wildman–Crippen LogP) is 1.90. The Morgan fingerprint density at radius 1 is 1.27 bits per heavy atom. The number of hydrogen-bond donors (Lipinski definition) is 0. The van der Waals surface area contributed by atoms with Crippen LogP contribution in [0, 0.1) is 0 Å². The molecule has 2 saturated heterocycles. The number of carbonyl (C=O) groups excluding carboxylic acids is 1. The zero-order valence-electron chi connectivity index (χ0n) is 13.5. The second kappa shape index (κ2) is 6.16. The van der Waals surface area contributed by atoms with Gasteiger partial charge in [-0.15, -0.1) is 0 Å². The number of piperazine rings is 1. The van der Waals surface area contributed by atoms with Gasteiger partial charge in [-0.1, -0.05) is 12.1 Å². The second-order valence-corrected chi connectivity index (χ2v) is 6.09. The van der Waals surface area contributed by atoms with Crippen LogP contribution in [-0.4, -0.2) is 55.1 Å². The van der Waals surface area contributed by atoms with Gasteiger partial charge in [0, 0.05) is 31.2 Å². The molecule has 1 aromatic carbocycles. The summed E-state index contributed by atoms with van der Waals surface area (Å²) in [5.74, 6) is 1.76. The molecule has 0 aliphatic carbocycles. The molecule has 5 nitrogen and oxygen atoms in total. The van der Waals surface area contributed by atoms with Crippen LogP contribution in [0.15, 0.2) is 18.2 Å². The van der Waals surface area contributed by atoms with Gasteiger partial charge in [0.25, 0.3) is 0 Å². The number of rotatable bonds is 4. The van der Waals surface area contributed by atoms with E-state index in [9.17, 15) is 4.79 Å². The summed E-state index contributed by atoms with van der Waals surface area (Å²) in [7, 11) is 3.30. The molecule has 2 fully saturated rings. The average molecular weight is 304 g/mol. The van der Waals surface area contributed by atoms with E-state index in [0.29, 0.717) is 12.6 Å². The third kappa shape index (κ3) is 2.54. The maximum atomic E-state index is 12.5. The van der Waals surface area contributed by atoms with E-state index in [1.54, 1.807) is 14.2 Å². The van der Waals surface area contributed by atoms with Crippen LogP contribution >= 0.6 is 0 Å². The highest BCUT2D eigenvalue weighted by Gasteiger charge is 2.40. The lowest BCUT2D eigenvalue weighted by molar-refractivity contribution is -0.143. The Bertz CT molecular complexity index is 561. The SMILES string of the molecule is COc1cccc(CN2C[C@H]3CCCN3C(=O)[C@H]2C)c1OC. The first-order chi connectivity index (χ1) is 10.7. The number of fused-ring (bicyclic) bond motifs is 1. The molecule has 0 spiro atoms. The molecule has 22 heavy (non-hydrogen) atoms. The Morgan fingerprint density at radius 2 is 2.09 bits per heavy atom. The van der Waals surface area contributed by atoms with Gasteiger partial charge in [-0.25, -0.2) is 0 Å². The molecule has 0 N–H and O–H groups in total. The predicted molar refractivity (Wildman–Crippen MR) is 84.2 cm³/mol. The first kappa shape index (κ1) is 15.2. The molecule has 2 aliphatic rings. The summed E-state index contributed by atoms with van der Waals surface area (Å²) >= 11 is 0. The summed E-state index contributed by atoms with van der Waals surface area (Å²) in [5.41, 5.74) is 1.06. The van der Waals surface area contributed by atoms with Crippen LogP contribution in [0.4, 0.5) is 0 Å². The minimum absolute atomic E-state index is 0.0785. The second-order valence-electron chi connectivity index (χ2n) is 6.09. The zero-order chi connectivity index (χ0) is 15.7. The van der Waals surface area contributed by atoms with Crippen molar-refractivity contribution in [2.75, 3.05) is 27.3 Å². The molecule has 2 heterocycles. The fourth-order valence-electron chi connectivity index (χ4n) is 3.64. The van der Waals surface area contributed by atoms with Gasteiger partial charge in [-0.2, -0.15) is 0 Å². The smallest absolute Gasteiger partial charge is 0.239 e. The van der Waals surface area contributed by atoms with E-state index in [4.69, 9.17) is 9.47 Å². The Balaban J connectivity index is 1.82. The molecule has 0 aromatic heterocycles. The molecule has 0 saturated carbocycles. The quantitative estimate of drug-likeness (QED) is 0.852. The molecule has 0 radical (unpaired) electrons. The lowest BCUT2D eigenvalue weighted by atomic mass is 10.1. The summed E-state index contributed by atoms with van der Waals surface area (Å²) in [4.78, 5) is 16.8. The average Bonchev–Trinajstić information content (AvgIpc) is 3.00. The van der Waals surface area contributed by atoms with Crippen molar-refractivity contribution < 1.29 is 14.3 Å². The molecular weight excluding hydrogens is 280 g/mol. The van der Waals surface area contributed by atoms with Gasteiger partial charge >= 0.3 is 0 Å². The number of amides is 1. The molecule has 120 valence electrons. The van der Waals surface area contributed by atoms with Gasteiger partial charge in [0.15, 0.2) is 11.5 Å². The minimum atomic E-state index is -0.0785. The maximum absolute atomic E-state index is 12.5. The van der Waals surface area contributed by atoms with Crippen molar-refractivity contribution in [3.8, 4) is 11.5 Å². The van der Waals surface area contributed by atoms with Crippen molar-refractivity contribution in [1.29, 1.82) is 0 Å². The van der Waals surface area contributed by atoms with E-state index in [-0.39, 0.29) is 11.9 Å². The third-order valence-electron chi connectivity index (χ3n) is 4.87. The largest absolute Gasteiger partial charge is 0.493 e. The topological polar surface area (TPSA) is 42.0 Å². The standard InChI is InChI=1S/C17H24N2O3/c1-12-17(20)19-9-5-7-14(19)11-18(12)10-13-6-4-8-15(21-2)16(13)22-3/h4,6,8,12,14H,5,7,9-11H2,1-3H3/t12-,14-/m1/s1. The molecule has 2 atom stereocenters. The fraction of sp³-hybridized carbons (Fsp3) is 0.588. The number of benzene rings is 1. The van der Waals surface area contributed by atoms with Crippen molar-refractivity contribution in [2.24, 2.45) is 0 Å². The molecule has 2 aliphatic heterocycles. The van der Waals surface area contributed by atoms with Crippen LogP contribution in [0.3, 0.4) is 0 Å². The van der Waals surface area contributed by atoms with Crippen molar-refractivity contribution in [2.45, 2.75) is 38.4 Å². The molecular formula is C17H24N2O3. The molecule has 3 rings (SSSR count). The molecule has 0 unspecified atom stereocenters. The molecule has 1 aromatic rings. The molecule has 0 bridgehead atoms. The number of para-hydroxylation sites is 1. The Hall–Kier alpha value is -1.75. The number of nitrogens with zero attached hydrogens (tertiary/aromatic N) is 2. The maximum Gasteiger partial charge on any atom is 0.239 e. The Kier molecular flexibility index (Phi) is 4.25. The lowest BCUT2D eigenvalue weighted by Crippen LogP contribution is -2.58. The van der Waals surface area contributed by atoms with Crippen molar-refractivity contribution >= 4 is 5.91 Å². The highest BCUT2D eigenvalue weighted by Crippen LogP contribution is 2.33. The summed E-state index contributed by atoms with van der Waals surface area (Å²) in [6.45, 7) is 4.57. The highest BCUT2D eigenvalue weighted by atomic mass is 16.5. The van der Waals surface area contributed by atoms with Crippen LogP contribution in [0.1, 0.15) is 25.3 Å². The van der Waals surface area contributed by atoms with Crippen LogP contribution in [-0.2, 0) is 11.3 Å². The van der Waals surface area contributed by atoms with E-state index < -0.39 is 0 Å². The van der Waals surface area contributed by atoms with E-state index >= 15 is 0 Å². The number of hydrogen-bond acceptors (Lipinski definition) is 4. The van der Waals surface area contributed by atoms with Crippen LogP contribution in [0.25, 0.3) is 0 Å². The van der Waals surface area contributed by atoms with Gasteiger partial charge in [0.05, 0.1) is 20.3 Å². The summed E-state index contributed by atoms with van der Waals surface area (Å²) in [6.07, 6.45) is 2.24. The normalized spacial score (nSPS) is 25.2. The van der Waals surface area contributed by atoms with Crippen molar-refractivity contribution in [3.63, 3.8) is 0 Å². The monoisotopic (exact) mass is 304 g/mol. The number of ether oxygens (including phenoxy) is 2. The van der Waals surface area contributed by atoms with Gasteiger partial charge in [0.1, 0.15) is 0 Å². The minimum Gasteiger partial charge on any atom is -0.493 e. The number of carbonyl (C=O) groups is 1. The molecule has 5 heteroatoms.